The van der Waals surface area contributed by atoms with Gasteiger partial charge in [0.25, 0.3) is 0 Å². The quantitative estimate of drug-likeness (QED) is 0.544. The second kappa shape index (κ2) is 6.54. The van der Waals surface area contributed by atoms with Crippen molar-refractivity contribution in [2.24, 2.45) is 5.73 Å². The Balaban J connectivity index is 1.59. The lowest BCUT2D eigenvalue weighted by Crippen LogP contribution is -2.43. The Morgan fingerprint density at radius 2 is 1.65 bits per heavy atom. The SMILES string of the molecule is NC1NNC(Nc2ccc(C3CCCCCC3)cc2)N1. The molecule has 0 amide bonds. The Morgan fingerprint density at radius 1 is 0.950 bits per heavy atom. The minimum Gasteiger partial charge on any atom is -0.357 e. The van der Waals surface area contributed by atoms with Crippen molar-refractivity contribution in [2.45, 2.75) is 57.0 Å². The van der Waals surface area contributed by atoms with Crippen molar-refractivity contribution in [2.75, 3.05) is 5.32 Å². The molecule has 0 radical (unpaired) electrons. The summed E-state index contributed by atoms with van der Waals surface area (Å²) in [5.41, 5.74) is 14.2. The Labute approximate surface area is 120 Å². The van der Waals surface area contributed by atoms with Crippen LogP contribution in [0.4, 0.5) is 5.69 Å². The van der Waals surface area contributed by atoms with Crippen molar-refractivity contribution in [1.82, 2.24) is 16.2 Å². The van der Waals surface area contributed by atoms with Crippen LogP contribution in [-0.2, 0) is 0 Å². The van der Waals surface area contributed by atoms with E-state index in [1.165, 1.54) is 44.1 Å². The molecule has 5 heteroatoms. The monoisotopic (exact) mass is 275 g/mol. The van der Waals surface area contributed by atoms with Gasteiger partial charge in [-0.15, -0.1) is 0 Å². The van der Waals surface area contributed by atoms with Crippen LogP contribution in [0.2, 0.25) is 0 Å². The van der Waals surface area contributed by atoms with E-state index in [9.17, 15) is 0 Å². The van der Waals surface area contributed by atoms with Gasteiger partial charge in [-0.05, 0) is 36.5 Å². The summed E-state index contributed by atoms with van der Waals surface area (Å²) in [5, 5.41) is 6.48. The molecule has 1 saturated carbocycles. The lowest BCUT2D eigenvalue weighted by molar-refractivity contribution is 0.547. The van der Waals surface area contributed by atoms with E-state index in [-0.39, 0.29) is 12.6 Å². The van der Waals surface area contributed by atoms with Crippen LogP contribution in [0.15, 0.2) is 24.3 Å². The van der Waals surface area contributed by atoms with E-state index in [1.54, 1.807) is 0 Å². The smallest absolute Gasteiger partial charge is 0.147 e. The van der Waals surface area contributed by atoms with Crippen molar-refractivity contribution in [3.63, 3.8) is 0 Å². The molecular formula is C15H25N5. The number of rotatable bonds is 3. The Kier molecular flexibility index (Phi) is 4.52. The molecule has 2 fully saturated rings. The van der Waals surface area contributed by atoms with Crippen LogP contribution in [0.25, 0.3) is 0 Å². The molecule has 1 aliphatic carbocycles. The van der Waals surface area contributed by atoms with Gasteiger partial charge in [0.1, 0.15) is 12.6 Å². The number of benzene rings is 1. The fraction of sp³-hybridized carbons (Fsp3) is 0.600. The van der Waals surface area contributed by atoms with Gasteiger partial charge in [-0.25, -0.2) is 10.9 Å². The zero-order valence-electron chi connectivity index (χ0n) is 11.9. The summed E-state index contributed by atoms with van der Waals surface area (Å²) in [7, 11) is 0. The van der Waals surface area contributed by atoms with E-state index in [1.807, 2.05) is 0 Å². The van der Waals surface area contributed by atoms with Crippen LogP contribution in [0.5, 0.6) is 0 Å². The van der Waals surface area contributed by atoms with Crippen molar-refractivity contribution in [1.29, 1.82) is 0 Å². The second-order valence-corrected chi connectivity index (χ2v) is 5.82. The van der Waals surface area contributed by atoms with Crippen LogP contribution in [0.1, 0.15) is 50.0 Å². The second-order valence-electron chi connectivity index (χ2n) is 5.82. The molecule has 0 bridgehead atoms. The first-order chi connectivity index (χ1) is 9.81. The zero-order valence-corrected chi connectivity index (χ0v) is 11.9. The highest BCUT2D eigenvalue weighted by Gasteiger charge is 2.18. The van der Waals surface area contributed by atoms with E-state index in [4.69, 9.17) is 5.73 Å². The normalized spacial score (nSPS) is 28.2. The third kappa shape index (κ3) is 3.49. The number of anilines is 1. The Morgan fingerprint density at radius 3 is 2.25 bits per heavy atom. The maximum Gasteiger partial charge on any atom is 0.147 e. The van der Waals surface area contributed by atoms with Crippen LogP contribution in [0.3, 0.4) is 0 Å². The molecule has 1 aromatic rings. The van der Waals surface area contributed by atoms with Gasteiger partial charge in [-0.1, -0.05) is 37.8 Å². The topological polar surface area (TPSA) is 74.1 Å². The molecule has 3 rings (SSSR count). The van der Waals surface area contributed by atoms with Crippen LogP contribution in [-0.4, -0.2) is 12.6 Å². The van der Waals surface area contributed by atoms with Gasteiger partial charge in [0.2, 0.25) is 0 Å². The summed E-state index contributed by atoms with van der Waals surface area (Å²) in [6.07, 6.45) is 8.01. The molecule has 2 unspecified atom stereocenters. The zero-order chi connectivity index (χ0) is 13.8. The van der Waals surface area contributed by atoms with Crippen molar-refractivity contribution in [3.05, 3.63) is 29.8 Å². The van der Waals surface area contributed by atoms with Crippen LogP contribution >= 0.6 is 0 Å². The first kappa shape index (κ1) is 13.8. The summed E-state index contributed by atoms with van der Waals surface area (Å²) < 4.78 is 0. The lowest BCUT2D eigenvalue weighted by atomic mass is 9.92. The standard InChI is InChI=1S/C15H25N5/c16-14-18-15(20-19-14)17-13-9-7-12(8-10-13)11-5-3-1-2-4-6-11/h7-11,14-15,17-20H,1-6,16H2. The molecule has 5 nitrogen and oxygen atoms in total. The van der Waals surface area contributed by atoms with E-state index >= 15 is 0 Å². The van der Waals surface area contributed by atoms with Crippen molar-refractivity contribution in [3.8, 4) is 0 Å². The third-order valence-electron chi connectivity index (χ3n) is 4.28. The van der Waals surface area contributed by atoms with E-state index in [0.29, 0.717) is 0 Å². The maximum atomic E-state index is 5.69. The fourth-order valence-corrected chi connectivity index (χ4v) is 3.14. The van der Waals surface area contributed by atoms with Gasteiger partial charge in [-0.2, -0.15) is 0 Å². The van der Waals surface area contributed by atoms with E-state index in [2.05, 4.69) is 45.8 Å². The van der Waals surface area contributed by atoms with Crippen LogP contribution in [0, 0.1) is 0 Å². The number of hydrogen-bond acceptors (Lipinski definition) is 5. The van der Waals surface area contributed by atoms with Gasteiger partial charge in [0, 0.05) is 5.69 Å². The average molecular weight is 275 g/mol. The Bertz CT molecular complexity index is 411. The van der Waals surface area contributed by atoms with Crippen molar-refractivity contribution < 1.29 is 0 Å². The molecule has 20 heavy (non-hydrogen) atoms. The molecule has 2 atom stereocenters. The largest absolute Gasteiger partial charge is 0.357 e. The molecule has 1 aromatic carbocycles. The molecule has 110 valence electrons. The third-order valence-corrected chi connectivity index (χ3v) is 4.28. The average Bonchev–Trinajstić information content (AvgIpc) is 2.72. The summed E-state index contributed by atoms with van der Waals surface area (Å²) >= 11 is 0. The predicted molar refractivity (Wildman–Crippen MR) is 81.7 cm³/mol. The Hall–Kier alpha value is -1.14. The summed E-state index contributed by atoms with van der Waals surface area (Å²) in [6.45, 7) is 0. The van der Waals surface area contributed by atoms with E-state index < -0.39 is 0 Å². The number of nitrogens with one attached hydrogen (secondary N) is 4. The predicted octanol–water partition coefficient (Wildman–Crippen LogP) is 1.76. The highest BCUT2D eigenvalue weighted by atomic mass is 15.6. The lowest BCUT2D eigenvalue weighted by Gasteiger charge is -2.17. The van der Waals surface area contributed by atoms with E-state index in [0.717, 1.165) is 11.6 Å². The molecule has 1 saturated heterocycles. The van der Waals surface area contributed by atoms with Gasteiger partial charge >= 0.3 is 0 Å². The summed E-state index contributed by atoms with van der Waals surface area (Å²) in [5.74, 6) is 0.754. The first-order valence-electron chi connectivity index (χ1n) is 7.70. The number of nitrogens with two attached hydrogens (primary N) is 1. The summed E-state index contributed by atoms with van der Waals surface area (Å²) in [4.78, 5) is 0. The number of hydrogen-bond donors (Lipinski definition) is 5. The highest BCUT2D eigenvalue weighted by molar-refractivity contribution is 5.46. The fourth-order valence-electron chi connectivity index (χ4n) is 3.14. The van der Waals surface area contributed by atoms with Gasteiger partial charge in [0.05, 0.1) is 0 Å². The maximum absolute atomic E-state index is 5.69. The van der Waals surface area contributed by atoms with Gasteiger partial charge in [-0.3, -0.25) is 5.32 Å². The minimum absolute atomic E-state index is 0.0336. The molecule has 0 spiro atoms. The summed E-state index contributed by atoms with van der Waals surface area (Å²) in [6, 6.07) is 8.85. The van der Waals surface area contributed by atoms with Gasteiger partial charge < -0.3 is 11.1 Å². The molecular weight excluding hydrogens is 250 g/mol. The first-order valence-corrected chi connectivity index (χ1v) is 7.70. The van der Waals surface area contributed by atoms with Gasteiger partial charge in [0.15, 0.2) is 0 Å². The molecule has 2 aliphatic rings. The van der Waals surface area contributed by atoms with Crippen LogP contribution < -0.4 is 27.2 Å². The van der Waals surface area contributed by atoms with Crippen molar-refractivity contribution >= 4 is 5.69 Å². The molecule has 1 heterocycles. The highest BCUT2D eigenvalue weighted by Crippen LogP contribution is 2.32. The molecule has 0 aromatic heterocycles. The number of hydrazine groups is 1. The molecule has 6 N–H and O–H groups in total. The molecule has 1 aliphatic heterocycles. The minimum atomic E-state index is -0.210.